The van der Waals surface area contributed by atoms with Crippen LogP contribution in [0.4, 0.5) is 0 Å². The molecular formula is C12H24N2O3S. The molecule has 6 heteroatoms. The smallest absolute Gasteiger partial charge is 0.218 e. The van der Waals surface area contributed by atoms with E-state index in [1.807, 2.05) is 20.8 Å². The van der Waals surface area contributed by atoms with Gasteiger partial charge in [0.2, 0.25) is 10.0 Å². The summed E-state index contributed by atoms with van der Waals surface area (Å²) in [6.45, 7) is 8.26. The molecule has 0 aromatic heterocycles. The molecule has 0 aromatic rings. The van der Waals surface area contributed by atoms with Gasteiger partial charge in [-0.25, -0.2) is 8.42 Å². The second kappa shape index (κ2) is 5.07. The van der Waals surface area contributed by atoms with Crippen molar-refractivity contribution in [1.29, 1.82) is 0 Å². The normalized spacial score (nSPS) is 34.4. The maximum absolute atomic E-state index is 12.6. The predicted molar refractivity (Wildman–Crippen MR) is 71.0 cm³/mol. The predicted octanol–water partition coefficient (Wildman–Crippen LogP) is 0.567. The third-order valence-electron chi connectivity index (χ3n) is 3.57. The third kappa shape index (κ3) is 3.04. The summed E-state index contributed by atoms with van der Waals surface area (Å²) in [5.74, 6) is 0. The molecule has 0 aliphatic carbocycles. The highest BCUT2D eigenvalue weighted by atomic mass is 32.2. The summed E-state index contributed by atoms with van der Waals surface area (Å²) in [5.41, 5.74) is -0.396. The number of nitrogens with one attached hydrogen (secondary N) is 1. The van der Waals surface area contributed by atoms with Crippen LogP contribution in [0.3, 0.4) is 0 Å². The van der Waals surface area contributed by atoms with Crippen molar-refractivity contribution in [3.05, 3.63) is 0 Å². The molecule has 5 nitrogen and oxygen atoms in total. The van der Waals surface area contributed by atoms with Gasteiger partial charge in [0.25, 0.3) is 0 Å². The maximum atomic E-state index is 12.6. The molecule has 0 amide bonds. The SMILES string of the molecule is CC1CN(S(=O)(=O)C2CCCNC2)CC(C)(C)O1. The largest absolute Gasteiger partial charge is 0.370 e. The number of nitrogens with zero attached hydrogens (tertiary/aromatic N) is 1. The lowest BCUT2D eigenvalue weighted by Crippen LogP contribution is -2.57. The van der Waals surface area contributed by atoms with Crippen molar-refractivity contribution >= 4 is 10.0 Å². The van der Waals surface area contributed by atoms with Gasteiger partial charge in [0.05, 0.1) is 17.0 Å². The lowest BCUT2D eigenvalue weighted by molar-refractivity contribution is -0.109. The van der Waals surface area contributed by atoms with Crippen LogP contribution in [0, 0.1) is 0 Å². The highest BCUT2D eigenvalue weighted by Gasteiger charge is 2.40. The Kier molecular flexibility index (Phi) is 4.02. The monoisotopic (exact) mass is 276 g/mol. The lowest BCUT2D eigenvalue weighted by atomic mass is 10.1. The molecule has 0 bridgehead atoms. The van der Waals surface area contributed by atoms with Crippen LogP contribution < -0.4 is 5.32 Å². The van der Waals surface area contributed by atoms with E-state index in [2.05, 4.69) is 5.32 Å². The van der Waals surface area contributed by atoms with E-state index in [9.17, 15) is 8.42 Å². The molecule has 2 saturated heterocycles. The zero-order chi connectivity index (χ0) is 13.4. The summed E-state index contributed by atoms with van der Waals surface area (Å²) < 4.78 is 32.6. The summed E-state index contributed by atoms with van der Waals surface area (Å²) in [7, 11) is -3.20. The van der Waals surface area contributed by atoms with Crippen LogP contribution in [0.1, 0.15) is 33.6 Å². The van der Waals surface area contributed by atoms with Gasteiger partial charge in [-0.15, -0.1) is 0 Å². The molecule has 1 N–H and O–H groups in total. The molecule has 0 radical (unpaired) electrons. The Labute approximate surface area is 110 Å². The molecule has 2 heterocycles. The first-order valence-electron chi connectivity index (χ1n) is 6.69. The Balaban J connectivity index is 2.13. The van der Waals surface area contributed by atoms with Crippen LogP contribution in [-0.2, 0) is 14.8 Å². The van der Waals surface area contributed by atoms with E-state index in [0.717, 1.165) is 19.4 Å². The van der Waals surface area contributed by atoms with Gasteiger partial charge < -0.3 is 10.1 Å². The highest BCUT2D eigenvalue weighted by Crippen LogP contribution is 2.26. The number of morpholine rings is 1. The van der Waals surface area contributed by atoms with Gasteiger partial charge in [0.1, 0.15) is 0 Å². The van der Waals surface area contributed by atoms with Crippen LogP contribution in [0.2, 0.25) is 0 Å². The maximum Gasteiger partial charge on any atom is 0.218 e. The Morgan fingerprint density at radius 1 is 1.39 bits per heavy atom. The molecule has 2 unspecified atom stereocenters. The van der Waals surface area contributed by atoms with Gasteiger partial charge in [-0.1, -0.05) is 0 Å². The van der Waals surface area contributed by atoms with E-state index in [-0.39, 0.29) is 11.4 Å². The van der Waals surface area contributed by atoms with Crippen LogP contribution in [-0.4, -0.2) is 55.9 Å². The number of hydrogen-bond donors (Lipinski definition) is 1. The average molecular weight is 276 g/mol. The van der Waals surface area contributed by atoms with Crippen molar-refractivity contribution in [3.8, 4) is 0 Å². The van der Waals surface area contributed by atoms with Crippen molar-refractivity contribution < 1.29 is 13.2 Å². The molecule has 2 aliphatic heterocycles. The number of hydrogen-bond acceptors (Lipinski definition) is 4. The van der Waals surface area contributed by atoms with Crippen LogP contribution in [0.5, 0.6) is 0 Å². The average Bonchev–Trinajstić information content (AvgIpc) is 2.27. The molecule has 106 valence electrons. The minimum atomic E-state index is -3.20. The van der Waals surface area contributed by atoms with Crippen molar-refractivity contribution in [2.24, 2.45) is 0 Å². The van der Waals surface area contributed by atoms with Crippen LogP contribution in [0.25, 0.3) is 0 Å². The standard InChI is InChI=1S/C12H24N2O3S/c1-10-8-14(9-12(2,3)17-10)18(15,16)11-5-4-6-13-7-11/h10-11,13H,4-9H2,1-3H3. The first-order chi connectivity index (χ1) is 8.31. The minimum Gasteiger partial charge on any atom is -0.370 e. The Morgan fingerprint density at radius 2 is 2.11 bits per heavy atom. The fourth-order valence-electron chi connectivity index (χ4n) is 2.87. The molecule has 0 spiro atoms. The van der Waals surface area contributed by atoms with E-state index in [0.29, 0.717) is 19.6 Å². The van der Waals surface area contributed by atoms with E-state index >= 15 is 0 Å². The van der Waals surface area contributed by atoms with Crippen molar-refractivity contribution in [2.75, 3.05) is 26.2 Å². The summed E-state index contributed by atoms with van der Waals surface area (Å²) in [5, 5.41) is 2.90. The van der Waals surface area contributed by atoms with Gasteiger partial charge >= 0.3 is 0 Å². The zero-order valence-electron chi connectivity index (χ0n) is 11.5. The highest BCUT2D eigenvalue weighted by molar-refractivity contribution is 7.89. The van der Waals surface area contributed by atoms with Gasteiger partial charge in [-0.2, -0.15) is 4.31 Å². The quantitative estimate of drug-likeness (QED) is 0.801. The third-order valence-corrected chi connectivity index (χ3v) is 5.81. The van der Waals surface area contributed by atoms with Crippen molar-refractivity contribution in [3.63, 3.8) is 0 Å². The zero-order valence-corrected chi connectivity index (χ0v) is 12.3. The van der Waals surface area contributed by atoms with E-state index in [4.69, 9.17) is 4.74 Å². The Bertz CT molecular complexity index is 388. The fourth-order valence-corrected chi connectivity index (χ4v) is 5.00. The molecule has 2 atom stereocenters. The van der Waals surface area contributed by atoms with Crippen molar-refractivity contribution in [2.45, 2.75) is 50.6 Å². The molecule has 18 heavy (non-hydrogen) atoms. The molecule has 2 rings (SSSR count). The minimum absolute atomic E-state index is 0.0416. The topological polar surface area (TPSA) is 58.6 Å². The number of piperidine rings is 1. The molecule has 2 aliphatic rings. The van der Waals surface area contributed by atoms with Gasteiger partial charge in [-0.3, -0.25) is 0 Å². The van der Waals surface area contributed by atoms with Crippen LogP contribution >= 0.6 is 0 Å². The summed E-state index contributed by atoms with van der Waals surface area (Å²) >= 11 is 0. The molecule has 2 fully saturated rings. The number of ether oxygens (including phenoxy) is 1. The summed E-state index contributed by atoms with van der Waals surface area (Å²) in [4.78, 5) is 0. The fraction of sp³-hybridized carbons (Fsp3) is 1.00. The van der Waals surface area contributed by atoms with Crippen LogP contribution in [0.15, 0.2) is 0 Å². The second-order valence-electron chi connectivity index (χ2n) is 5.99. The number of sulfonamides is 1. The second-order valence-corrected chi connectivity index (χ2v) is 8.21. The van der Waals surface area contributed by atoms with Crippen molar-refractivity contribution in [1.82, 2.24) is 9.62 Å². The Hall–Kier alpha value is -0.170. The van der Waals surface area contributed by atoms with E-state index in [1.165, 1.54) is 0 Å². The Morgan fingerprint density at radius 3 is 2.67 bits per heavy atom. The first-order valence-corrected chi connectivity index (χ1v) is 8.19. The molecule has 0 aromatic carbocycles. The van der Waals surface area contributed by atoms with E-state index in [1.54, 1.807) is 4.31 Å². The lowest BCUT2D eigenvalue weighted by Gasteiger charge is -2.42. The molecular weight excluding hydrogens is 252 g/mol. The first kappa shape index (κ1) is 14.2. The van der Waals surface area contributed by atoms with E-state index < -0.39 is 15.6 Å². The number of rotatable bonds is 2. The summed E-state index contributed by atoms with van der Waals surface area (Å²) in [6, 6.07) is 0. The summed E-state index contributed by atoms with van der Waals surface area (Å²) in [6.07, 6.45) is 1.66. The van der Waals surface area contributed by atoms with Gasteiger partial charge in [0, 0.05) is 19.6 Å². The molecule has 0 saturated carbocycles. The van der Waals surface area contributed by atoms with Gasteiger partial charge in [-0.05, 0) is 40.2 Å². The van der Waals surface area contributed by atoms with Gasteiger partial charge in [0.15, 0.2) is 0 Å².